The second-order valence-electron chi connectivity index (χ2n) is 6.09. The first-order valence-corrected chi connectivity index (χ1v) is 8.70. The van der Waals surface area contributed by atoms with Crippen LogP contribution in [0.25, 0.3) is 0 Å². The molecule has 1 atom stereocenters. The van der Waals surface area contributed by atoms with Gasteiger partial charge in [0.15, 0.2) is 0 Å². The van der Waals surface area contributed by atoms with Gasteiger partial charge in [0.05, 0.1) is 0 Å². The van der Waals surface area contributed by atoms with Gasteiger partial charge in [0.25, 0.3) is 0 Å². The predicted molar refractivity (Wildman–Crippen MR) is 92.2 cm³/mol. The highest BCUT2D eigenvalue weighted by Crippen LogP contribution is 2.25. The van der Waals surface area contributed by atoms with Crippen LogP contribution in [0.3, 0.4) is 0 Å². The molecule has 0 N–H and O–H groups in total. The Morgan fingerprint density at radius 3 is 1.90 bits per heavy atom. The van der Waals surface area contributed by atoms with Crippen molar-refractivity contribution in [1.29, 1.82) is 0 Å². The molecule has 0 saturated carbocycles. The van der Waals surface area contributed by atoms with Gasteiger partial charge in [-0.3, -0.25) is 0 Å². The second-order valence-corrected chi connectivity index (χ2v) is 6.09. The van der Waals surface area contributed by atoms with Crippen molar-refractivity contribution in [2.45, 2.75) is 77.2 Å². The number of hydroxylamine groups is 2. The van der Waals surface area contributed by atoms with Gasteiger partial charge in [0.2, 0.25) is 0 Å². The van der Waals surface area contributed by atoms with E-state index in [1.165, 1.54) is 51.4 Å². The van der Waals surface area contributed by atoms with Crippen LogP contribution in [0.5, 0.6) is 0 Å². The van der Waals surface area contributed by atoms with E-state index in [-0.39, 0.29) is 6.04 Å². The van der Waals surface area contributed by atoms with Crippen LogP contribution in [0.1, 0.15) is 82.7 Å². The first kappa shape index (κ1) is 18.2. The summed E-state index contributed by atoms with van der Waals surface area (Å²) in [6, 6.07) is 10.2. The molecule has 1 aromatic carbocycles. The molecular weight excluding hydrogens is 258 g/mol. The third-order valence-corrected chi connectivity index (χ3v) is 4.20. The van der Waals surface area contributed by atoms with Gasteiger partial charge in [-0.1, -0.05) is 95.0 Å². The van der Waals surface area contributed by atoms with Gasteiger partial charge in [0, 0.05) is 6.04 Å². The second kappa shape index (κ2) is 11.8. The molecule has 1 rings (SSSR count). The van der Waals surface area contributed by atoms with Gasteiger partial charge in [0.1, 0.15) is 0 Å². The molecule has 2 nitrogen and oxygen atoms in total. The Balaban J connectivity index is 2.12. The van der Waals surface area contributed by atoms with Crippen LogP contribution in [-0.2, 0) is 0 Å². The fourth-order valence-electron chi connectivity index (χ4n) is 2.88. The summed E-state index contributed by atoms with van der Waals surface area (Å²) in [4.78, 5) is 0. The molecule has 0 heterocycles. The normalized spacial score (nSPS) is 12.8. The Morgan fingerprint density at radius 2 is 1.38 bits per heavy atom. The molecule has 120 valence electrons. The third-order valence-electron chi connectivity index (χ3n) is 4.20. The van der Waals surface area contributed by atoms with Crippen LogP contribution in [0.2, 0.25) is 0 Å². The minimum Gasteiger partial charge on any atom is -0.785 e. The fraction of sp³-hybridized carbons (Fsp3) is 0.684. The Kier molecular flexibility index (Phi) is 10.2. The summed E-state index contributed by atoms with van der Waals surface area (Å²) in [5, 5.41) is 12.8. The molecule has 0 amide bonds. The van der Waals surface area contributed by atoms with Gasteiger partial charge in [-0.2, -0.15) is 0 Å². The van der Waals surface area contributed by atoms with Crippen LogP contribution in [0.15, 0.2) is 30.3 Å². The van der Waals surface area contributed by atoms with Crippen LogP contribution >= 0.6 is 0 Å². The molecule has 0 spiro atoms. The summed E-state index contributed by atoms with van der Waals surface area (Å²) >= 11 is 0. The summed E-state index contributed by atoms with van der Waals surface area (Å²) in [7, 11) is 1.64. The molecule has 0 aromatic heterocycles. The quantitative estimate of drug-likeness (QED) is 0.344. The SMILES string of the molecule is CCCCCCCCCCCC(c1ccccc1)N(C)[O-]. The molecule has 0 saturated heterocycles. The zero-order valence-electron chi connectivity index (χ0n) is 13.9. The average molecular weight is 290 g/mol. The molecule has 0 aliphatic carbocycles. The minimum atomic E-state index is 0.0238. The maximum absolute atomic E-state index is 11.7. The zero-order valence-corrected chi connectivity index (χ0v) is 13.9. The molecule has 21 heavy (non-hydrogen) atoms. The maximum atomic E-state index is 11.7. The summed E-state index contributed by atoms with van der Waals surface area (Å²) in [5.41, 5.74) is 1.15. The lowest BCUT2D eigenvalue weighted by Gasteiger charge is -2.33. The Hall–Kier alpha value is -0.860. The standard InChI is InChI=1S/C19H32NO/c1-3-4-5-6-7-8-9-10-14-17-19(20(2)21)18-15-12-11-13-16-18/h11-13,15-16,19H,3-10,14,17H2,1-2H3/q-1. The monoisotopic (exact) mass is 290 g/mol. The van der Waals surface area contributed by atoms with E-state index in [2.05, 4.69) is 19.1 Å². The molecule has 0 aliphatic heterocycles. The smallest absolute Gasteiger partial charge is 0.0229 e. The number of nitrogens with zero attached hydrogens (tertiary/aromatic N) is 1. The highest BCUT2D eigenvalue weighted by molar-refractivity contribution is 5.18. The summed E-state index contributed by atoms with van der Waals surface area (Å²) in [6.07, 6.45) is 12.9. The van der Waals surface area contributed by atoms with Gasteiger partial charge in [-0.05, 0) is 19.0 Å². The summed E-state index contributed by atoms with van der Waals surface area (Å²) in [5.74, 6) is 0. The molecule has 0 radical (unpaired) electrons. The van der Waals surface area contributed by atoms with E-state index in [1.807, 2.05) is 18.2 Å². The van der Waals surface area contributed by atoms with E-state index in [0.717, 1.165) is 23.5 Å². The van der Waals surface area contributed by atoms with E-state index < -0.39 is 0 Å². The lowest BCUT2D eigenvalue weighted by molar-refractivity contribution is 0.310. The van der Waals surface area contributed by atoms with Crippen molar-refractivity contribution in [3.05, 3.63) is 41.1 Å². The Labute approximate surface area is 131 Å². The van der Waals surface area contributed by atoms with Crippen LogP contribution in [0, 0.1) is 5.21 Å². The molecule has 2 heteroatoms. The maximum Gasteiger partial charge on any atom is 0.0229 e. The topological polar surface area (TPSA) is 26.3 Å². The fourth-order valence-corrected chi connectivity index (χ4v) is 2.88. The van der Waals surface area contributed by atoms with Crippen LogP contribution in [-0.4, -0.2) is 12.1 Å². The van der Waals surface area contributed by atoms with Crippen molar-refractivity contribution in [1.82, 2.24) is 5.06 Å². The van der Waals surface area contributed by atoms with Crippen LogP contribution < -0.4 is 0 Å². The van der Waals surface area contributed by atoms with Crippen molar-refractivity contribution in [3.8, 4) is 0 Å². The van der Waals surface area contributed by atoms with E-state index in [4.69, 9.17) is 0 Å². The molecule has 0 bridgehead atoms. The third kappa shape index (κ3) is 8.23. The van der Waals surface area contributed by atoms with E-state index in [0.29, 0.717) is 0 Å². The predicted octanol–water partition coefficient (Wildman–Crippen LogP) is 6.08. The molecule has 1 aromatic rings. The van der Waals surface area contributed by atoms with Gasteiger partial charge < -0.3 is 10.3 Å². The number of hydrogen-bond acceptors (Lipinski definition) is 2. The highest BCUT2D eigenvalue weighted by Gasteiger charge is 2.09. The largest absolute Gasteiger partial charge is 0.785 e. The number of benzene rings is 1. The number of hydrogen-bond donors (Lipinski definition) is 0. The first-order chi connectivity index (χ1) is 10.3. The van der Waals surface area contributed by atoms with Crippen molar-refractivity contribution in [2.75, 3.05) is 7.05 Å². The van der Waals surface area contributed by atoms with Crippen molar-refractivity contribution in [3.63, 3.8) is 0 Å². The first-order valence-electron chi connectivity index (χ1n) is 8.70. The van der Waals surface area contributed by atoms with Gasteiger partial charge >= 0.3 is 0 Å². The van der Waals surface area contributed by atoms with Crippen LogP contribution in [0.4, 0.5) is 0 Å². The zero-order chi connectivity index (χ0) is 15.3. The summed E-state index contributed by atoms with van der Waals surface area (Å²) in [6.45, 7) is 2.26. The molecule has 0 fully saturated rings. The lowest BCUT2D eigenvalue weighted by atomic mass is 9.99. The number of rotatable bonds is 12. The number of unbranched alkanes of at least 4 members (excludes halogenated alkanes) is 8. The Morgan fingerprint density at radius 1 is 0.857 bits per heavy atom. The minimum absolute atomic E-state index is 0.0238. The van der Waals surface area contributed by atoms with Crippen molar-refractivity contribution >= 4 is 0 Å². The molecule has 0 aliphatic rings. The van der Waals surface area contributed by atoms with E-state index in [9.17, 15) is 5.21 Å². The van der Waals surface area contributed by atoms with Crippen molar-refractivity contribution < 1.29 is 0 Å². The molecule has 1 unspecified atom stereocenters. The summed E-state index contributed by atoms with van der Waals surface area (Å²) < 4.78 is 0. The van der Waals surface area contributed by atoms with Gasteiger partial charge in [-0.15, -0.1) is 0 Å². The van der Waals surface area contributed by atoms with E-state index >= 15 is 0 Å². The Bertz CT molecular complexity index is 337. The average Bonchev–Trinajstić information content (AvgIpc) is 2.50. The van der Waals surface area contributed by atoms with Gasteiger partial charge in [-0.25, -0.2) is 0 Å². The van der Waals surface area contributed by atoms with Crippen molar-refractivity contribution in [2.24, 2.45) is 0 Å². The van der Waals surface area contributed by atoms with E-state index in [1.54, 1.807) is 7.05 Å². The lowest BCUT2D eigenvalue weighted by Crippen LogP contribution is -2.18. The molecular formula is C19H32NO-. The highest BCUT2D eigenvalue weighted by atomic mass is 16.5.